The Labute approximate surface area is 160 Å². The van der Waals surface area contributed by atoms with Crippen LogP contribution >= 0.6 is 11.6 Å². The molecule has 1 unspecified atom stereocenters. The zero-order valence-corrected chi connectivity index (χ0v) is 16.9. The molecule has 26 heavy (non-hydrogen) atoms. The molecule has 0 fully saturated rings. The highest BCUT2D eigenvalue weighted by Crippen LogP contribution is 2.18. The number of rotatable bonds is 7. The van der Waals surface area contributed by atoms with Crippen LogP contribution in [0.4, 0.5) is 0 Å². The first-order valence-electron chi connectivity index (χ1n) is 8.84. The standard InChI is InChI=1S/C19H28ClN5O/c1-6-21-19(23-12-18-14(3)24-25(5)15(18)4)22-11-13(2)26-17-9-7-8-16(20)10-17/h7-10,13H,6,11-12H2,1-5H3,(H2,21,22,23). The summed E-state index contributed by atoms with van der Waals surface area (Å²) in [4.78, 5) is 4.68. The van der Waals surface area contributed by atoms with Crippen LogP contribution in [0, 0.1) is 13.8 Å². The summed E-state index contributed by atoms with van der Waals surface area (Å²) in [6.45, 7) is 10.1. The summed E-state index contributed by atoms with van der Waals surface area (Å²) in [7, 11) is 1.95. The lowest BCUT2D eigenvalue weighted by atomic mass is 10.2. The van der Waals surface area contributed by atoms with Gasteiger partial charge in [0.1, 0.15) is 11.9 Å². The highest BCUT2D eigenvalue weighted by Gasteiger charge is 2.10. The fraction of sp³-hybridized carbons (Fsp3) is 0.474. The molecule has 0 aliphatic carbocycles. The predicted molar refractivity (Wildman–Crippen MR) is 107 cm³/mol. The van der Waals surface area contributed by atoms with E-state index < -0.39 is 0 Å². The van der Waals surface area contributed by atoms with Gasteiger partial charge in [-0.1, -0.05) is 17.7 Å². The second-order valence-corrected chi connectivity index (χ2v) is 6.67. The van der Waals surface area contributed by atoms with E-state index in [4.69, 9.17) is 16.3 Å². The van der Waals surface area contributed by atoms with Gasteiger partial charge in [0.05, 0.1) is 18.8 Å². The van der Waals surface area contributed by atoms with Crippen molar-refractivity contribution in [2.75, 3.05) is 13.1 Å². The number of nitrogens with zero attached hydrogens (tertiary/aromatic N) is 3. The zero-order chi connectivity index (χ0) is 19.1. The van der Waals surface area contributed by atoms with E-state index in [1.165, 1.54) is 0 Å². The van der Waals surface area contributed by atoms with Crippen molar-refractivity contribution in [2.45, 2.75) is 40.3 Å². The van der Waals surface area contributed by atoms with Crippen molar-refractivity contribution in [3.63, 3.8) is 0 Å². The van der Waals surface area contributed by atoms with Crippen molar-refractivity contribution in [3.8, 4) is 5.75 Å². The monoisotopic (exact) mass is 377 g/mol. The quantitative estimate of drug-likeness (QED) is 0.574. The van der Waals surface area contributed by atoms with Crippen LogP contribution in [-0.2, 0) is 13.6 Å². The average molecular weight is 378 g/mol. The third kappa shape index (κ3) is 5.66. The third-order valence-corrected chi connectivity index (χ3v) is 4.32. The van der Waals surface area contributed by atoms with Gasteiger partial charge in [-0.3, -0.25) is 4.68 Å². The molecule has 6 nitrogen and oxygen atoms in total. The van der Waals surface area contributed by atoms with Crippen LogP contribution in [0.5, 0.6) is 5.75 Å². The Morgan fingerprint density at radius 2 is 2.12 bits per heavy atom. The van der Waals surface area contributed by atoms with Gasteiger partial charge in [-0.2, -0.15) is 5.10 Å². The molecule has 0 bridgehead atoms. The van der Waals surface area contributed by atoms with Gasteiger partial charge < -0.3 is 15.4 Å². The predicted octanol–water partition coefficient (Wildman–Crippen LogP) is 3.21. The minimum Gasteiger partial charge on any atom is -0.489 e. The number of aryl methyl sites for hydroxylation is 2. The maximum absolute atomic E-state index is 5.99. The van der Waals surface area contributed by atoms with Crippen molar-refractivity contribution in [1.29, 1.82) is 0 Å². The molecule has 7 heteroatoms. The van der Waals surface area contributed by atoms with Crippen molar-refractivity contribution in [1.82, 2.24) is 20.4 Å². The molecule has 0 saturated carbocycles. The second kappa shape index (κ2) is 9.48. The summed E-state index contributed by atoms with van der Waals surface area (Å²) in [5.41, 5.74) is 3.31. The van der Waals surface area contributed by atoms with E-state index in [0.717, 1.165) is 35.2 Å². The minimum absolute atomic E-state index is 0.0285. The molecule has 2 aromatic rings. The first kappa shape index (κ1) is 20.1. The van der Waals surface area contributed by atoms with Crippen molar-refractivity contribution in [3.05, 3.63) is 46.2 Å². The van der Waals surface area contributed by atoms with Crippen LogP contribution in [0.2, 0.25) is 5.02 Å². The van der Waals surface area contributed by atoms with Gasteiger partial charge in [0, 0.05) is 29.9 Å². The molecule has 0 spiro atoms. The molecular weight excluding hydrogens is 350 g/mol. The Hall–Kier alpha value is -2.21. The van der Waals surface area contributed by atoms with Crippen LogP contribution in [0.25, 0.3) is 0 Å². The normalized spacial score (nSPS) is 12.8. The number of benzene rings is 1. The zero-order valence-electron chi connectivity index (χ0n) is 16.1. The number of nitrogens with one attached hydrogen (secondary N) is 2. The molecule has 142 valence electrons. The van der Waals surface area contributed by atoms with Gasteiger partial charge in [-0.05, 0) is 45.9 Å². The summed E-state index contributed by atoms with van der Waals surface area (Å²) in [6.07, 6.45) is -0.0285. The number of guanidine groups is 1. The van der Waals surface area contributed by atoms with Crippen LogP contribution in [0.15, 0.2) is 29.3 Å². The first-order valence-corrected chi connectivity index (χ1v) is 9.22. The summed E-state index contributed by atoms with van der Waals surface area (Å²) < 4.78 is 7.78. The topological polar surface area (TPSA) is 63.5 Å². The SMILES string of the molecule is CCNC(=NCc1c(C)nn(C)c1C)NCC(C)Oc1cccc(Cl)c1. The maximum Gasteiger partial charge on any atom is 0.191 e. The molecule has 0 amide bonds. The number of hydrogen-bond acceptors (Lipinski definition) is 3. The fourth-order valence-corrected chi connectivity index (χ4v) is 2.78. The van der Waals surface area contributed by atoms with Crippen LogP contribution in [0.3, 0.4) is 0 Å². The lowest BCUT2D eigenvalue weighted by Crippen LogP contribution is -2.41. The van der Waals surface area contributed by atoms with E-state index in [0.29, 0.717) is 18.1 Å². The van der Waals surface area contributed by atoms with E-state index in [9.17, 15) is 0 Å². The second-order valence-electron chi connectivity index (χ2n) is 6.23. The molecule has 1 aromatic carbocycles. The summed E-state index contributed by atoms with van der Waals surface area (Å²) >= 11 is 5.99. The lowest BCUT2D eigenvalue weighted by Gasteiger charge is -2.18. The Balaban J connectivity index is 1.94. The molecule has 1 heterocycles. The molecule has 0 radical (unpaired) electrons. The Morgan fingerprint density at radius 1 is 1.35 bits per heavy atom. The van der Waals surface area contributed by atoms with E-state index in [-0.39, 0.29) is 6.10 Å². The Kier molecular flexibility index (Phi) is 7.33. The van der Waals surface area contributed by atoms with Crippen LogP contribution in [-0.4, -0.2) is 34.9 Å². The number of aromatic nitrogens is 2. The fourth-order valence-electron chi connectivity index (χ4n) is 2.60. The van der Waals surface area contributed by atoms with Gasteiger partial charge >= 0.3 is 0 Å². The van der Waals surface area contributed by atoms with Crippen molar-refractivity contribution < 1.29 is 4.74 Å². The molecule has 1 atom stereocenters. The van der Waals surface area contributed by atoms with Crippen molar-refractivity contribution in [2.24, 2.45) is 12.0 Å². The number of hydrogen-bond donors (Lipinski definition) is 2. The number of aliphatic imine (C=N–C) groups is 1. The third-order valence-electron chi connectivity index (χ3n) is 4.09. The van der Waals surface area contributed by atoms with Crippen LogP contribution < -0.4 is 15.4 Å². The van der Waals surface area contributed by atoms with Gasteiger partial charge in [-0.15, -0.1) is 0 Å². The van der Waals surface area contributed by atoms with Gasteiger partial charge in [-0.25, -0.2) is 4.99 Å². The first-order chi connectivity index (χ1) is 12.4. The highest BCUT2D eigenvalue weighted by molar-refractivity contribution is 6.30. The molecular formula is C19H28ClN5O. The highest BCUT2D eigenvalue weighted by atomic mass is 35.5. The van der Waals surface area contributed by atoms with Crippen LogP contribution in [0.1, 0.15) is 30.8 Å². The van der Waals surface area contributed by atoms with Gasteiger partial charge in [0.25, 0.3) is 0 Å². The molecule has 0 saturated heterocycles. The molecule has 0 aliphatic rings. The Morgan fingerprint density at radius 3 is 2.73 bits per heavy atom. The number of halogens is 1. The smallest absolute Gasteiger partial charge is 0.191 e. The van der Waals surface area contributed by atoms with E-state index in [1.54, 1.807) is 0 Å². The van der Waals surface area contributed by atoms with E-state index in [2.05, 4.69) is 27.6 Å². The molecule has 0 aliphatic heterocycles. The largest absolute Gasteiger partial charge is 0.489 e. The molecule has 1 aromatic heterocycles. The van der Waals surface area contributed by atoms with E-state index >= 15 is 0 Å². The summed E-state index contributed by atoms with van der Waals surface area (Å²) in [5, 5.41) is 11.7. The summed E-state index contributed by atoms with van der Waals surface area (Å²) in [5.74, 6) is 1.52. The minimum atomic E-state index is -0.0285. The molecule has 2 N–H and O–H groups in total. The van der Waals surface area contributed by atoms with Crippen molar-refractivity contribution >= 4 is 17.6 Å². The molecule has 2 rings (SSSR count). The lowest BCUT2D eigenvalue weighted by molar-refractivity contribution is 0.224. The number of ether oxygens (including phenoxy) is 1. The maximum atomic E-state index is 5.99. The van der Waals surface area contributed by atoms with E-state index in [1.807, 2.05) is 56.8 Å². The Bertz CT molecular complexity index is 756. The average Bonchev–Trinajstić information content (AvgIpc) is 2.83. The van der Waals surface area contributed by atoms with Gasteiger partial charge in [0.2, 0.25) is 0 Å². The van der Waals surface area contributed by atoms with Gasteiger partial charge in [0.15, 0.2) is 5.96 Å². The summed E-state index contributed by atoms with van der Waals surface area (Å²) in [6, 6.07) is 7.42.